The summed E-state index contributed by atoms with van der Waals surface area (Å²) in [7, 11) is 0. The van der Waals surface area contributed by atoms with E-state index in [1.165, 1.54) is 0 Å². The van der Waals surface area contributed by atoms with Gasteiger partial charge in [0, 0.05) is 6.42 Å². The van der Waals surface area contributed by atoms with Gasteiger partial charge in [-0.2, -0.15) is 0 Å². The SMILES string of the molecule is Cc1ccc(C(CCO[N+](=O)[O-])O[N+](=O)[O-])cc1. The Hall–Kier alpha value is -2.38. The Morgan fingerprint density at radius 2 is 1.78 bits per heavy atom. The van der Waals surface area contributed by atoms with Crippen LogP contribution < -0.4 is 0 Å². The Labute approximate surface area is 102 Å². The van der Waals surface area contributed by atoms with Crippen LogP contribution >= 0.6 is 0 Å². The summed E-state index contributed by atoms with van der Waals surface area (Å²) in [5.74, 6) is 0. The molecule has 0 radical (unpaired) electrons. The molecule has 1 aromatic carbocycles. The van der Waals surface area contributed by atoms with Crippen molar-refractivity contribution >= 4 is 0 Å². The van der Waals surface area contributed by atoms with Crippen LogP contribution in [0.2, 0.25) is 0 Å². The second kappa shape index (κ2) is 6.38. The third-order valence-electron chi connectivity index (χ3n) is 2.24. The number of nitrogens with zero attached hydrogens (tertiary/aromatic N) is 2. The molecule has 1 rings (SSSR count). The first-order valence-corrected chi connectivity index (χ1v) is 5.14. The average molecular weight is 256 g/mol. The van der Waals surface area contributed by atoms with Crippen LogP contribution in [-0.4, -0.2) is 16.8 Å². The summed E-state index contributed by atoms with van der Waals surface area (Å²) >= 11 is 0. The lowest BCUT2D eigenvalue weighted by Crippen LogP contribution is -2.13. The van der Waals surface area contributed by atoms with Gasteiger partial charge in [-0.15, -0.1) is 20.2 Å². The zero-order valence-corrected chi connectivity index (χ0v) is 9.64. The monoisotopic (exact) mass is 256 g/mol. The van der Waals surface area contributed by atoms with Crippen molar-refractivity contribution in [2.24, 2.45) is 0 Å². The molecule has 0 N–H and O–H groups in total. The zero-order chi connectivity index (χ0) is 13.5. The first-order chi connectivity index (χ1) is 8.49. The fourth-order valence-corrected chi connectivity index (χ4v) is 1.40. The molecule has 0 saturated carbocycles. The molecule has 8 nitrogen and oxygen atoms in total. The maximum Gasteiger partial charge on any atom is 0.295 e. The Morgan fingerprint density at radius 3 is 2.28 bits per heavy atom. The zero-order valence-electron chi connectivity index (χ0n) is 9.64. The summed E-state index contributed by atoms with van der Waals surface area (Å²) in [4.78, 5) is 28.9. The maximum absolute atomic E-state index is 10.4. The molecule has 0 spiro atoms. The van der Waals surface area contributed by atoms with Crippen molar-refractivity contribution in [2.75, 3.05) is 6.61 Å². The molecule has 0 fully saturated rings. The number of benzene rings is 1. The van der Waals surface area contributed by atoms with Crippen LogP contribution in [0.5, 0.6) is 0 Å². The molecule has 0 aliphatic rings. The van der Waals surface area contributed by atoms with E-state index in [0.717, 1.165) is 5.56 Å². The van der Waals surface area contributed by atoms with Crippen molar-refractivity contribution in [1.82, 2.24) is 0 Å². The average Bonchev–Trinajstić information content (AvgIpc) is 2.28. The lowest BCUT2D eigenvalue weighted by molar-refractivity contribution is -0.776. The summed E-state index contributed by atoms with van der Waals surface area (Å²) < 4.78 is 0. The molecule has 18 heavy (non-hydrogen) atoms. The van der Waals surface area contributed by atoms with Gasteiger partial charge in [-0.3, -0.25) is 0 Å². The molecule has 0 saturated heterocycles. The van der Waals surface area contributed by atoms with Crippen molar-refractivity contribution in [3.63, 3.8) is 0 Å². The van der Waals surface area contributed by atoms with Crippen molar-refractivity contribution in [3.05, 3.63) is 55.6 Å². The van der Waals surface area contributed by atoms with Crippen LogP contribution in [0, 0.1) is 27.2 Å². The predicted octanol–water partition coefficient (Wildman–Crippen LogP) is 1.84. The molecule has 98 valence electrons. The van der Waals surface area contributed by atoms with Crippen LogP contribution in [0.15, 0.2) is 24.3 Å². The van der Waals surface area contributed by atoms with E-state index in [4.69, 9.17) is 0 Å². The van der Waals surface area contributed by atoms with Crippen LogP contribution in [0.1, 0.15) is 23.7 Å². The van der Waals surface area contributed by atoms with Crippen molar-refractivity contribution < 1.29 is 19.8 Å². The number of hydrogen-bond acceptors (Lipinski definition) is 6. The van der Waals surface area contributed by atoms with Gasteiger partial charge in [0.15, 0.2) is 0 Å². The van der Waals surface area contributed by atoms with Gasteiger partial charge in [0.1, 0.15) is 6.10 Å². The van der Waals surface area contributed by atoms with Gasteiger partial charge in [0.2, 0.25) is 0 Å². The van der Waals surface area contributed by atoms with Gasteiger partial charge in [-0.25, -0.2) is 0 Å². The van der Waals surface area contributed by atoms with Crippen molar-refractivity contribution in [2.45, 2.75) is 19.4 Å². The summed E-state index contributed by atoms with van der Waals surface area (Å²) in [6, 6.07) is 6.91. The highest BCUT2D eigenvalue weighted by Gasteiger charge is 2.16. The highest BCUT2D eigenvalue weighted by Crippen LogP contribution is 2.21. The summed E-state index contributed by atoms with van der Waals surface area (Å²) in [6.07, 6.45) is -0.856. The Balaban J connectivity index is 2.68. The van der Waals surface area contributed by atoms with E-state index >= 15 is 0 Å². The summed E-state index contributed by atoms with van der Waals surface area (Å²) in [6.45, 7) is 1.61. The number of hydrogen-bond donors (Lipinski definition) is 0. The minimum atomic E-state index is -0.946. The molecule has 0 bridgehead atoms. The van der Waals surface area contributed by atoms with E-state index in [9.17, 15) is 20.2 Å². The van der Waals surface area contributed by atoms with Gasteiger partial charge in [-0.1, -0.05) is 29.8 Å². The standard InChI is InChI=1S/C10H12N2O6/c1-8-2-4-9(5-3-8)10(18-12(15)16)6-7-17-11(13)14/h2-5,10H,6-7H2,1H3. The van der Waals surface area contributed by atoms with Crippen molar-refractivity contribution in [3.8, 4) is 0 Å². The van der Waals surface area contributed by atoms with E-state index in [2.05, 4.69) is 9.68 Å². The maximum atomic E-state index is 10.4. The molecular formula is C10H12N2O6. The third kappa shape index (κ3) is 4.64. The van der Waals surface area contributed by atoms with E-state index in [1.54, 1.807) is 24.3 Å². The van der Waals surface area contributed by atoms with Crippen LogP contribution in [-0.2, 0) is 9.68 Å². The van der Waals surface area contributed by atoms with E-state index in [0.29, 0.717) is 5.56 Å². The highest BCUT2D eigenvalue weighted by molar-refractivity contribution is 5.23. The molecule has 0 heterocycles. The number of aryl methyl sites for hydroxylation is 1. The summed E-state index contributed by atoms with van der Waals surface area (Å²) in [5, 5.41) is 18.5. The molecule has 1 unspecified atom stereocenters. The summed E-state index contributed by atoms with van der Waals surface area (Å²) in [5.41, 5.74) is 1.57. The molecule has 1 aromatic rings. The smallest absolute Gasteiger partial charge is 0.295 e. The van der Waals surface area contributed by atoms with E-state index < -0.39 is 16.3 Å². The molecule has 0 aliphatic heterocycles. The fourth-order valence-electron chi connectivity index (χ4n) is 1.40. The second-order valence-corrected chi connectivity index (χ2v) is 3.57. The lowest BCUT2D eigenvalue weighted by Gasteiger charge is -2.14. The minimum Gasteiger partial charge on any atom is -0.314 e. The van der Waals surface area contributed by atoms with E-state index in [-0.39, 0.29) is 13.0 Å². The highest BCUT2D eigenvalue weighted by atomic mass is 17.0. The Morgan fingerprint density at radius 1 is 1.17 bits per heavy atom. The third-order valence-corrected chi connectivity index (χ3v) is 2.24. The second-order valence-electron chi connectivity index (χ2n) is 3.57. The fraction of sp³-hybridized carbons (Fsp3) is 0.400. The van der Waals surface area contributed by atoms with Crippen LogP contribution in [0.4, 0.5) is 0 Å². The van der Waals surface area contributed by atoms with Gasteiger partial charge in [0.25, 0.3) is 10.2 Å². The molecule has 1 atom stereocenters. The molecular weight excluding hydrogens is 244 g/mol. The van der Waals surface area contributed by atoms with E-state index in [1.807, 2.05) is 6.92 Å². The Kier molecular flexibility index (Phi) is 4.85. The molecule has 0 aliphatic carbocycles. The first-order valence-electron chi connectivity index (χ1n) is 5.14. The topological polar surface area (TPSA) is 105 Å². The van der Waals surface area contributed by atoms with Crippen molar-refractivity contribution in [1.29, 1.82) is 0 Å². The van der Waals surface area contributed by atoms with Gasteiger partial charge < -0.3 is 9.68 Å². The largest absolute Gasteiger partial charge is 0.314 e. The first kappa shape index (κ1) is 13.7. The number of rotatable bonds is 7. The molecule has 0 aromatic heterocycles. The molecule has 0 amide bonds. The predicted molar refractivity (Wildman–Crippen MR) is 59.6 cm³/mol. The lowest BCUT2D eigenvalue weighted by atomic mass is 10.1. The van der Waals surface area contributed by atoms with Crippen LogP contribution in [0.3, 0.4) is 0 Å². The van der Waals surface area contributed by atoms with Gasteiger partial charge in [0.05, 0.1) is 6.61 Å². The van der Waals surface area contributed by atoms with Gasteiger partial charge in [-0.05, 0) is 12.5 Å². The van der Waals surface area contributed by atoms with Gasteiger partial charge >= 0.3 is 0 Å². The quantitative estimate of drug-likeness (QED) is 0.544. The normalized spacial score (nSPS) is 11.6. The molecule has 8 heteroatoms. The van der Waals surface area contributed by atoms with Crippen LogP contribution in [0.25, 0.3) is 0 Å². The Bertz CT molecular complexity index is 419. The minimum absolute atomic E-state index is 0.0189.